The first-order chi connectivity index (χ1) is 12.4. The van der Waals surface area contributed by atoms with E-state index in [0.29, 0.717) is 32.5 Å². The molecule has 1 aromatic carbocycles. The maximum absolute atomic E-state index is 12.6. The number of rotatable bonds is 9. The molecule has 5 nitrogen and oxygen atoms in total. The van der Waals surface area contributed by atoms with Gasteiger partial charge < -0.3 is 4.74 Å². The Bertz CT molecular complexity index is 692. The Hall–Kier alpha value is -1.66. The average molecular weight is 380 g/mol. The largest absolute Gasteiger partial charge is 0.466 e. The zero-order chi connectivity index (χ0) is 19.0. The van der Waals surface area contributed by atoms with Gasteiger partial charge in [-0.05, 0) is 44.6 Å². The number of carbonyl (C=O) groups excluding carboxylic acids is 1. The predicted octanol–water partition coefficient (Wildman–Crippen LogP) is 3.17. The van der Waals surface area contributed by atoms with Crippen molar-refractivity contribution < 1.29 is 17.9 Å². The van der Waals surface area contributed by atoms with Crippen molar-refractivity contribution in [2.75, 3.05) is 25.4 Å². The summed E-state index contributed by atoms with van der Waals surface area (Å²) >= 11 is 0. The Morgan fingerprint density at radius 3 is 2.50 bits per heavy atom. The quantitative estimate of drug-likeness (QED) is 0.488. The Labute approximate surface area is 157 Å². The van der Waals surface area contributed by atoms with Gasteiger partial charge in [-0.15, -0.1) is 6.58 Å². The highest BCUT2D eigenvalue weighted by atomic mass is 32.2. The Balaban J connectivity index is 2.02. The second kappa shape index (κ2) is 9.33. The van der Waals surface area contributed by atoms with Crippen LogP contribution < -0.4 is 0 Å². The third-order valence-corrected chi connectivity index (χ3v) is 6.88. The van der Waals surface area contributed by atoms with Gasteiger partial charge >= 0.3 is 5.97 Å². The number of carbonyl (C=O) groups is 1. The number of sulfonamides is 1. The first kappa shape index (κ1) is 20.6. The van der Waals surface area contributed by atoms with E-state index in [0.717, 1.165) is 19.3 Å². The molecule has 144 valence electrons. The lowest BCUT2D eigenvalue weighted by Crippen LogP contribution is -2.47. The van der Waals surface area contributed by atoms with E-state index in [1.54, 1.807) is 6.92 Å². The minimum absolute atomic E-state index is 0.0621. The van der Waals surface area contributed by atoms with Crippen LogP contribution in [0.3, 0.4) is 0 Å². The number of ether oxygens (including phenoxy) is 1. The molecular formula is C20H29NO4S. The molecule has 0 radical (unpaired) electrons. The predicted molar refractivity (Wildman–Crippen MR) is 103 cm³/mol. The topological polar surface area (TPSA) is 63.7 Å². The first-order valence-electron chi connectivity index (χ1n) is 9.23. The summed E-state index contributed by atoms with van der Waals surface area (Å²) in [5.41, 5.74) is 0.669. The van der Waals surface area contributed by atoms with Crippen LogP contribution in [-0.2, 0) is 26.0 Å². The van der Waals surface area contributed by atoms with Gasteiger partial charge in [-0.1, -0.05) is 36.4 Å². The van der Waals surface area contributed by atoms with Crippen LogP contribution in [0.1, 0.15) is 38.2 Å². The molecule has 0 N–H and O–H groups in total. The molecule has 2 rings (SSSR count). The number of aryl methyl sites for hydroxylation is 1. The average Bonchev–Trinajstić information content (AvgIpc) is 2.63. The van der Waals surface area contributed by atoms with Crippen LogP contribution in [0.15, 0.2) is 43.0 Å². The van der Waals surface area contributed by atoms with Gasteiger partial charge in [-0.2, -0.15) is 0 Å². The van der Waals surface area contributed by atoms with E-state index < -0.39 is 15.4 Å². The SMILES string of the molecule is C=CCS(=O)(=O)N1CCC(CCCc2ccccc2)(C(=O)OCC)CC1. The van der Waals surface area contributed by atoms with Crippen LogP contribution in [0.25, 0.3) is 0 Å². The monoisotopic (exact) mass is 379 g/mol. The van der Waals surface area contributed by atoms with Crippen LogP contribution >= 0.6 is 0 Å². The van der Waals surface area contributed by atoms with Gasteiger partial charge in [-0.25, -0.2) is 12.7 Å². The molecule has 26 heavy (non-hydrogen) atoms. The van der Waals surface area contributed by atoms with Crippen LogP contribution in [0, 0.1) is 5.41 Å². The third-order valence-electron chi connectivity index (χ3n) is 5.07. The normalized spacial score (nSPS) is 17.6. The standard InChI is InChI=1S/C20H29NO4S/c1-3-17-26(23,24)21-15-13-20(14-16-21,19(22)25-4-2)12-8-11-18-9-6-5-7-10-18/h3,5-7,9-10H,1,4,8,11-17H2,2H3. The fourth-order valence-corrected chi connectivity index (χ4v) is 4.81. The van der Waals surface area contributed by atoms with Crippen molar-refractivity contribution in [3.05, 3.63) is 48.6 Å². The molecule has 6 heteroatoms. The van der Waals surface area contributed by atoms with Crippen molar-refractivity contribution in [1.29, 1.82) is 0 Å². The van der Waals surface area contributed by atoms with E-state index in [2.05, 4.69) is 18.7 Å². The third kappa shape index (κ3) is 5.17. The van der Waals surface area contributed by atoms with Crippen molar-refractivity contribution in [2.45, 2.75) is 39.0 Å². The molecular weight excluding hydrogens is 350 g/mol. The van der Waals surface area contributed by atoms with Gasteiger partial charge in [0.2, 0.25) is 10.0 Å². The summed E-state index contributed by atoms with van der Waals surface area (Å²) in [5, 5.41) is 0. The maximum atomic E-state index is 12.6. The van der Waals surface area contributed by atoms with Crippen molar-refractivity contribution in [3.63, 3.8) is 0 Å². The zero-order valence-electron chi connectivity index (χ0n) is 15.5. The Morgan fingerprint density at radius 1 is 1.27 bits per heavy atom. The highest BCUT2D eigenvalue weighted by molar-refractivity contribution is 7.89. The summed E-state index contributed by atoms with van der Waals surface area (Å²) in [7, 11) is -3.32. The molecule has 1 aliphatic heterocycles. The minimum atomic E-state index is -3.32. The summed E-state index contributed by atoms with van der Waals surface area (Å²) < 4.78 is 31.3. The fourth-order valence-electron chi connectivity index (χ4n) is 3.56. The van der Waals surface area contributed by atoms with Crippen LogP contribution in [-0.4, -0.2) is 44.1 Å². The van der Waals surface area contributed by atoms with Crippen LogP contribution in [0.4, 0.5) is 0 Å². The van der Waals surface area contributed by atoms with Gasteiger partial charge in [0.1, 0.15) is 0 Å². The van der Waals surface area contributed by atoms with Gasteiger partial charge in [0.15, 0.2) is 0 Å². The molecule has 0 aromatic heterocycles. The summed E-state index contributed by atoms with van der Waals surface area (Å²) in [4.78, 5) is 12.6. The molecule has 1 saturated heterocycles. The molecule has 0 saturated carbocycles. The molecule has 0 bridgehead atoms. The fraction of sp³-hybridized carbons (Fsp3) is 0.550. The lowest BCUT2D eigenvalue weighted by molar-refractivity contribution is -0.158. The minimum Gasteiger partial charge on any atom is -0.466 e. The summed E-state index contributed by atoms with van der Waals surface area (Å²) in [6, 6.07) is 10.2. The number of piperidine rings is 1. The highest BCUT2D eigenvalue weighted by Gasteiger charge is 2.44. The smallest absolute Gasteiger partial charge is 0.312 e. The van der Waals surface area contributed by atoms with E-state index in [1.807, 2.05) is 18.2 Å². The molecule has 1 aliphatic rings. The molecule has 0 atom stereocenters. The molecule has 1 aromatic rings. The van der Waals surface area contributed by atoms with Crippen molar-refractivity contribution in [2.24, 2.45) is 5.41 Å². The zero-order valence-corrected chi connectivity index (χ0v) is 16.3. The molecule has 0 unspecified atom stereocenters. The first-order valence-corrected chi connectivity index (χ1v) is 10.8. The summed E-state index contributed by atoms with van der Waals surface area (Å²) in [6.45, 7) is 6.38. The van der Waals surface area contributed by atoms with Crippen LogP contribution in [0.2, 0.25) is 0 Å². The maximum Gasteiger partial charge on any atom is 0.312 e. The summed E-state index contributed by atoms with van der Waals surface area (Å²) in [5.74, 6) is -0.248. The second-order valence-corrected chi connectivity index (χ2v) is 8.82. The van der Waals surface area contributed by atoms with E-state index in [-0.39, 0.29) is 11.7 Å². The Morgan fingerprint density at radius 2 is 1.92 bits per heavy atom. The summed E-state index contributed by atoms with van der Waals surface area (Å²) in [6.07, 6.45) is 4.93. The molecule has 1 heterocycles. The van der Waals surface area contributed by atoms with Crippen molar-refractivity contribution in [3.8, 4) is 0 Å². The van der Waals surface area contributed by atoms with E-state index in [1.165, 1.54) is 15.9 Å². The van der Waals surface area contributed by atoms with Crippen molar-refractivity contribution in [1.82, 2.24) is 4.31 Å². The van der Waals surface area contributed by atoms with Gasteiger partial charge in [-0.3, -0.25) is 4.79 Å². The second-order valence-electron chi connectivity index (χ2n) is 6.81. The van der Waals surface area contributed by atoms with Gasteiger partial charge in [0.25, 0.3) is 0 Å². The lowest BCUT2D eigenvalue weighted by Gasteiger charge is -2.39. The molecule has 0 amide bonds. The lowest BCUT2D eigenvalue weighted by atomic mass is 9.74. The van der Waals surface area contributed by atoms with Crippen molar-refractivity contribution >= 4 is 16.0 Å². The number of esters is 1. The van der Waals surface area contributed by atoms with Crippen LogP contribution in [0.5, 0.6) is 0 Å². The molecule has 0 aliphatic carbocycles. The van der Waals surface area contributed by atoms with E-state index in [4.69, 9.17) is 4.74 Å². The van der Waals surface area contributed by atoms with Gasteiger partial charge in [0, 0.05) is 13.1 Å². The number of benzene rings is 1. The molecule has 1 fully saturated rings. The molecule has 0 spiro atoms. The number of nitrogens with zero attached hydrogens (tertiary/aromatic N) is 1. The Kier molecular flexibility index (Phi) is 7.41. The van der Waals surface area contributed by atoms with Gasteiger partial charge in [0.05, 0.1) is 17.8 Å². The van der Waals surface area contributed by atoms with E-state index >= 15 is 0 Å². The number of hydrogen-bond acceptors (Lipinski definition) is 4. The van der Waals surface area contributed by atoms with E-state index in [9.17, 15) is 13.2 Å². The highest BCUT2D eigenvalue weighted by Crippen LogP contribution is 2.38. The number of hydrogen-bond donors (Lipinski definition) is 0.